The normalized spacial score (nSPS) is 14.8. The Morgan fingerprint density at radius 2 is 1.84 bits per heavy atom. The third-order valence-electron chi connectivity index (χ3n) is 6.64. The second-order valence-electron chi connectivity index (χ2n) is 10.6. The number of halogens is 1. The van der Waals surface area contributed by atoms with Gasteiger partial charge in [-0.2, -0.15) is 0 Å². The molecule has 1 aliphatic heterocycles. The summed E-state index contributed by atoms with van der Waals surface area (Å²) in [6.07, 6.45) is 0.948. The van der Waals surface area contributed by atoms with Crippen LogP contribution in [0, 0.1) is 5.92 Å². The van der Waals surface area contributed by atoms with Gasteiger partial charge in [0.15, 0.2) is 0 Å². The molecule has 0 saturated carbocycles. The topological polar surface area (TPSA) is 87.3 Å². The van der Waals surface area contributed by atoms with Crippen LogP contribution in [0.1, 0.15) is 39.2 Å². The van der Waals surface area contributed by atoms with Crippen molar-refractivity contribution in [2.75, 3.05) is 13.1 Å². The third-order valence-corrected chi connectivity index (χ3v) is 6.93. The van der Waals surface area contributed by atoms with Crippen LogP contribution in [0.2, 0.25) is 5.15 Å². The molecule has 2 aromatic carbocycles. The summed E-state index contributed by atoms with van der Waals surface area (Å²) in [4.78, 5) is 34.7. The van der Waals surface area contributed by atoms with E-state index in [-0.39, 0.29) is 17.9 Å². The van der Waals surface area contributed by atoms with Gasteiger partial charge in [0.05, 0.1) is 5.52 Å². The second kappa shape index (κ2) is 10.1. The Kier molecular flexibility index (Phi) is 6.82. The van der Waals surface area contributed by atoms with Crippen molar-refractivity contribution in [3.05, 3.63) is 65.3 Å². The van der Waals surface area contributed by atoms with Crippen molar-refractivity contribution in [2.24, 2.45) is 5.92 Å². The van der Waals surface area contributed by atoms with E-state index in [0.29, 0.717) is 37.6 Å². The first kappa shape index (κ1) is 25.1. The average molecular weight is 519 g/mol. The molecule has 2 N–H and O–H groups in total. The van der Waals surface area contributed by atoms with E-state index in [0.717, 1.165) is 38.6 Å². The monoisotopic (exact) mass is 518 g/mol. The van der Waals surface area contributed by atoms with Gasteiger partial charge in [0.25, 0.3) is 0 Å². The van der Waals surface area contributed by atoms with Crippen LogP contribution in [0.5, 0.6) is 0 Å². The number of para-hydroxylation sites is 1. The number of nitrogens with zero attached hydrogens (tertiary/aromatic N) is 2. The zero-order chi connectivity index (χ0) is 26.2. The van der Waals surface area contributed by atoms with Crippen LogP contribution in [0.4, 0.5) is 4.79 Å². The Hall–Kier alpha value is -3.58. The van der Waals surface area contributed by atoms with Gasteiger partial charge in [-0.1, -0.05) is 35.9 Å². The fourth-order valence-electron chi connectivity index (χ4n) is 4.70. The predicted octanol–water partition coefficient (Wildman–Crippen LogP) is 6.30. The standard InChI is InChI=1S/C29H31ClN4O3/c1-29(2,3)37-28(36)34-12-10-19(11-13-34)27(35)31-17-18-8-9-24-21(14-18)16-25(32-24)22-15-20-6-4-5-7-23(20)33-26(22)30/h4-9,14-16,19,32H,10-13,17H2,1-3H3,(H,31,35). The van der Waals surface area contributed by atoms with Crippen LogP contribution >= 0.6 is 11.6 Å². The third kappa shape index (κ3) is 5.72. The molecule has 0 aliphatic carbocycles. The average Bonchev–Trinajstić information content (AvgIpc) is 3.29. The molecule has 5 rings (SSSR count). The van der Waals surface area contributed by atoms with Crippen LogP contribution in [0.25, 0.3) is 33.1 Å². The second-order valence-corrected chi connectivity index (χ2v) is 10.9. The molecule has 2 aromatic heterocycles. The van der Waals surface area contributed by atoms with Crippen LogP contribution in [-0.4, -0.2) is 45.6 Å². The number of likely N-dealkylation sites (tertiary alicyclic amines) is 1. The highest BCUT2D eigenvalue weighted by Gasteiger charge is 2.29. The number of H-pyrrole nitrogens is 1. The number of benzene rings is 2. The van der Waals surface area contributed by atoms with Gasteiger partial charge in [0, 0.05) is 53.1 Å². The zero-order valence-corrected chi connectivity index (χ0v) is 22.1. The Morgan fingerprint density at radius 3 is 2.59 bits per heavy atom. The van der Waals surface area contributed by atoms with Crippen molar-refractivity contribution in [3.63, 3.8) is 0 Å². The van der Waals surface area contributed by atoms with Crippen LogP contribution in [-0.2, 0) is 16.1 Å². The SMILES string of the molecule is CC(C)(C)OC(=O)N1CCC(C(=O)NCc2ccc3[nH]c(-c4cc5ccccc5nc4Cl)cc3c2)CC1. The van der Waals surface area contributed by atoms with E-state index in [4.69, 9.17) is 16.3 Å². The van der Waals surface area contributed by atoms with E-state index in [1.807, 2.05) is 63.2 Å². The number of pyridine rings is 1. The summed E-state index contributed by atoms with van der Waals surface area (Å²) in [5.74, 6) is -0.0865. The number of aromatic nitrogens is 2. The maximum atomic E-state index is 12.8. The molecular weight excluding hydrogens is 488 g/mol. The number of amides is 2. The Morgan fingerprint density at radius 1 is 1.08 bits per heavy atom. The molecule has 4 aromatic rings. The smallest absolute Gasteiger partial charge is 0.410 e. The van der Waals surface area contributed by atoms with Gasteiger partial charge in [0.2, 0.25) is 5.91 Å². The molecule has 0 unspecified atom stereocenters. The van der Waals surface area contributed by atoms with Crippen molar-refractivity contribution >= 4 is 45.4 Å². The molecule has 1 aliphatic rings. The largest absolute Gasteiger partial charge is 0.444 e. The Balaban J connectivity index is 1.21. The lowest BCUT2D eigenvalue weighted by Crippen LogP contribution is -2.44. The summed E-state index contributed by atoms with van der Waals surface area (Å²) in [6, 6.07) is 18.1. The summed E-state index contributed by atoms with van der Waals surface area (Å²) in [7, 11) is 0. The zero-order valence-electron chi connectivity index (χ0n) is 21.3. The molecule has 0 radical (unpaired) electrons. The minimum atomic E-state index is -0.523. The molecule has 3 heterocycles. The summed E-state index contributed by atoms with van der Waals surface area (Å²) in [6.45, 7) is 7.06. The molecule has 2 amide bonds. The van der Waals surface area contributed by atoms with Crippen molar-refractivity contribution in [3.8, 4) is 11.3 Å². The van der Waals surface area contributed by atoms with E-state index < -0.39 is 5.60 Å². The van der Waals surface area contributed by atoms with Gasteiger partial charge in [-0.3, -0.25) is 4.79 Å². The first-order valence-corrected chi connectivity index (χ1v) is 13.0. The minimum Gasteiger partial charge on any atom is -0.444 e. The minimum absolute atomic E-state index is 0.0210. The van der Waals surface area contributed by atoms with Crippen LogP contribution < -0.4 is 5.32 Å². The highest BCUT2D eigenvalue weighted by atomic mass is 35.5. The van der Waals surface area contributed by atoms with E-state index in [1.165, 1.54) is 0 Å². The number of hydrogen-bond acceptors (Lipinski definition) is 4. The number of hydrogen-bond donors (Lipinski definition) is 2. The lowest BCUT2D eigenvalue weighted by Gasteiger charge is -2.32. The van der Waals surface area contributed by atoms with E-state index in [9.17, 15) is 9.59 Å². The number of carbonyl (C=O) groups is 2. The molecule has 192 valence electrons. The fraction of sp³-hybridized carbons (Fsp3) is 0.345. The van der Waals surface area contributed by atoms with Crippen molar-refractivity contribution < 1.29 is 14.3 Å². The lowest BCUT2D eigenvalue weighted by molar-refractivity contribution is -0.126. The molecule has 0 spiro atoms. The molecule has 37 heavy (non-hydrogen) atoms. The summed E-state index contributed by atoms with van der Waals surface area (Å²) in [5, 5.41) is 5.59. The quantitative estimate of drug-likeness (QED) is 0.310. The molecule has 0 atom stereocenters. The first-order chi connectivity index (χ1) is 17.7. The summed E-state index contributed by atoms with van der Waals surface area (Å²) >= 11 is 6.50. The van der Waals surface area contributed by atoms with Crippen molar-refractivity contribution in [1.82, 2.24) is 20.2 Å². The predicted molar refractivity (Wildman–Crippen MR) is 146 cm³/mol. The maximum absolute atomic E-state index is 12.8. The van der Waals surface area contributed by atoms with E-state index >= 15 is 0 Å². The van der Waals surface area contributed by atoms with Gasteiger partial charge in [-0.15, -0.1) is 0 Å². The van der Waals surface area contributed by atoms with Crippen molar-refractivity contribution in [1.29, 1.82) is 0 Å². The summed E-state index contributed by atoms with van der Waals surface area (Å²) in [5.41, 5.74) is 4.09. The number of piperidine rings is 1. The lowest BCUT2D eigenvalue weighted by atomic mass is 9.96. The number of fused-ring (bicyclic) bond motifs is 2. The first-order valence-electron chi connectivity index (χ1n) is 12.6. The number of aromatic amines is 1. The highest BCUT2D eigenvalue weighted by molar-refractivity contribution is 6.32. The number of rotatable bonds is 4. The van der Waals surface area contributed by atoms with Crippen LogP contribution in [0.15, 0.2) is 54.6 Å². The highest BCUT2D eigenvalue weighted by Crippen LogP contribution is 2.32. The van der Waals surface area contributed by atoms with Gasteiger partial charge in [-0.25, -0.2) is 9.78 Å². The number of ether oxygens (including phenoxy) is 1. The van der Waals surface area contributed by atoms with Gasteiger partial charge < -0.3 is 19.9 Å². The van der Waals surface area contributed by atoms with Gasteiger partial charge in [0.1, 0.15) is 10.8 Å². The summed E-state index contributed by atoms with van der Waals surface area (Å²) < 4.78 is 5.44. The van der Waals surface area contributed by atoms with Crippen LogP contribution in [0.3, 0.4) is 0 Å². The number of carbonyl (C=O) groups excluding carboxylic acids is 2. The van der Waals surface area contributed by atoms with Crippen molar-refractivity contribution in [2.45, 2.75) is 45.8 Å². The molecule has 0 bridgehead atoms. The fourth-order valence-corrected chi connectivity index (χ4v) is 4.95. The molecular formula is C29H31ClN4O3. The van der Waals surface area contributed by atoms with E-state index in [1.54, 1.807) is 4.90 Å². The number of nitrogens with one attached hydrogen (secondary N) is 2. The molecule has 7 nitrogen and oxygen atoms in total. The Bertz CT molecular complexity index is 1470. The molecule has 1 saturated heterocycles. The van der Waals surface area contributed by atoms with E-state index in [2.05, 4.69) is 27.4 Å². The Labute approximate surface area is 221 Å². The van der Waals surface area contributed by atoms with Gasteiger partial charge in [-0.05, 0) is 69.5 Å². The van der Waals surface area contributed by atoms with Gasteiger partial charge >= 0.3 is 6.09 Å². The molecule has 1 fully saturated rings. The molecule has 8 heteroatoms. The maximum Gasteiger partial charge on any atom is 0.410 e.